The highest BCUT2D eigenvalue weighted by Crippen LogP contribution is 2.49. The molecule has 0 saturated carbocycles. The Morgan fingerprint density at radius 1 is 1.06 bits per heavy atom. The fourth-order valence-electron chi connectivity index (χ4n) is 4.58. The highest BCUT2D eigenvalue weighted by atomic mass is 16.5. The van der Waals surface area contributed by atoms with E-state index in [9.17, 15) is 14.4 Å². The minimum absolute atomic E-state index is 0.111. The maximum atomic E-state index is 13.6. The molecule has 9 heteroatoms. The number of hydrogen-bond donors (Lipinski definition) is 1. The van der Waals surface area contributed by atoms with Gasteiger partial charge in [0, 0.05) is 31.7 Å². The number of benzene rings is 2. The molecule has 2 aromatic carbocycles. The summed E-state index contributed by atoms with van der Waals surface area (Å²) in [6, 6.07) is 10.5. The number of nitrogens with one attached hydrogen (secondary N) is 1. The van der Waals surface area contributed by atoms with Crippen LogP contribution in [-0.2, 0) is 9.53 Å². The number of carbonyl (C=O) groups is 3. The van der Waals surface area contributed by atoms with E-state index in [0.717, 1.165) is 0 Å². The van der Waals surface area contributed by atoms with E-state index in [0.29, 0.717) is 53.4 Å². The van der Waals surface area contributed by atoms with Gasteiger partial charge in [-0.3, -0.25) is 19.3 Å². The molecule has 35 heavy (non-hydrogen) atoms. The van der Waals surface area contributed by atoms with Gasteiger partial charge in [0.25, 0.3) is 11.8 Å². The van der Waals surface area contributed by atoms with Crippen molar-refractivity contribution in [2.45, 2.75) is 39.0 Å². The van der Waals surface area contributed by atoms with Crippen molar-refractivity contribution in [3.63, 3.8) is 0 Å². The molecule has 186 valence electrons. The predicted molar refractivity (Wildman–Crippen MR) is 130 cm³/mol. The molecule has 0 bridgehead atoms. The summed E-state index contributed by atoms with van der Waals surface area (Å²) in [7, 11) is 2.99. The van der Waals surface area contributed by atoms with Gasteiger partial charge in [-0.1, -0.05) is 18.2 Å². The monoisotopic (exact) mass is 481 g/mol. The number of amides is 3. The molecule has 3 amide bonds. The van der Waals surface area contributed by atoms with Crippen LogP contribution in [-0.4, -0.2) is 62.6 Å². The second-order valence-electron chi connectivity index (χ2n) is 8.70. The van der Waals surface area contributed by atoms with Crippen molar-refractivity contribution >= 4 is 23.4 Å². The van der Waals surface area contributed by atoms with E-state index < -0.39 is 6.17 Å². The minimum atomic E-state index is -0.674. The molecular formula is C26H31N3O6. The van der Waals surface area contributed by atoms with Gasteiger partial charge in [0.1, 0.15) is 6.17 Å². The van der Waals surface area contributed by atoms with Crippen LogP contribution in [0, 0.1) is 0 Å². The highest BCUT2D eigenvalue weighted by Gasteiger charge is 2.49. The smallest absolute Gasteiger partial charge is 0.264 e. The van der Waals surface area contributed by atoms with E-state index >= 15 is 0 Å². The first-order chi connectivity index (χ1) is 16.9. The average Bonchev–Trinajstić information content (AvgIpc) is 3.15. The number of hydrogen-bond acceptors (Lipinski definition) is 6. The van der Waals surface area contributed by atoms with Crippen molar-refractivity contribution in [1.82, 2.24) is 10.2 Å². The number of methoxy groups -OCH3 is 2. The molecule has 2 heterocycles. The van der Waals surface area contributed by atoms with Crippen LogP contribution in [0.1, 0.15) is 59.1 Å². The van der Waals surface area contributed by atoms with Crippen LogP contribution in [0.25, 0.3) is 0 Å². The van der Waals surface area contributed by atoms with Gasteiger partial charge in [0.05, 0.1) is 37.1 Å². The number of nitrogens with zero attached hydrogens (tertiary/aromatic N) is 2. The molecule has 0 radical (unpaired) electrons. The lowest BCUT2D eigenvalue weighted by Gasteiger charge is -2.40. The fraction of sp³-hybridized carbons (Fsp3) is 0.423. The number of para-hydroxylation sites is 1. The minimum Gasteiger partial charge on any atom is -0.493 e. The quantitative estimate of drug-likeness (QED) is 0.524. The third-order valence-corrected chi connectivity index (χ3v) is 6.16. The molecule has 2 aliphatic heterocycles. The zero-order chi connectivity index (χ0) is 25.1. The standard InChI is InChI=1S/C26H31N3O6/c1-16(2)35-15-7-13-27-21(30)12-14-28-24-18-10-11-20(33-3)23(34-4)22(18)26(32)29(24)19-9-6-5-8-17(19)25(28)31/h5-6,8-11,16,24H,7,12-15H2,1-4H3,(H,27,30)/t24-/m0/s1. The largest absolute Gasteiger partial charge is 0.493 e. The van der Waals surface area contributed by atoms with Crippen LogP contribution >= 0.6 is 0 Å². The van der Waals surface area contributed by atoms with E-state index in [4.69, 9.17) is 14.2 Å². The van der Waals surface area contributed by atoms with Crippen LogP contribution in [0.4, 0.5) is 5.69 Å². The van der Waals surface area contributed by atoms with E-state index in [1.165, 1.54) is 14.2 Å². The average molecular weight is 482 g/mol. The maximum absolute atomic E-state index is 13.6. The normalized spacial score (nSPS) is 16.2. The van der Waals surface area contributed by atoms with Gasteiger partial charge < -0.3 is 24.4 Å². The number of carbonyl (C=O) groups excluding carboxylic acids is 3. The Kier molecular flexibility index (Phi) is 7.25. The molecule has 1 N–H and O–H groups in total. The van der Waals surface area contributed by atoms with Crippen molar-refractivity contribution < 1.29 is 28.6 Å². The first-order valence-electron chi connectivity index (χ1n) is 11.8. The molecule has 0 aromatic heterocycles. The summed E-state index contributed by atoms with van der Waals surface area (Å²) in [6.07, 6.45) is 0.295. The number of anilines is 1. The Bertz CT molecular complexity index is 1130. The second kappa shape index (κ2) is 10.4. The topological polar surface area (TPSA) is 97.4 Å². The Morgan fingerprint density at radius 3 is 2.54 bits per heavy atom. The van der Waals surface area contributed by atoms with Gasteiger partial charge in [-0.15, -0.1) is 0 Å². The zero-order valence-corrected chi connectivity index (χ0v) is 20.5. The van der Waals surface area contributed by atoms with Gasteiger partial charge in [0.2, 0.25) is 5.91 Å². The maximum Gasteiger partial charge on any atom is 0.264 e. The Balaban J connectivity index is 1.59. The lowest BCUT2D eigenvalue weighted by Crippen LogP contribution is -2.49. The molecule has 2 aromatic rings. The summed E-state index contributed by atoms with van der Waals surface area (Å²) in [5, 5.41) is 2.88. The fourth-order valence-corrected chi connectivity index (χ4v) is 4.58. The molecule has 4 rings (SSSR count). The molecular weight excluding hydrogens is 450 g/mol. The highest BCUT2D eigenvalue weighted by molar-refractivity contribution is 6.18. The van der Waals surface area contributed by atoms with E-state index in [1.807, 2.05) is 13.8 Å². The van der Waals surface area contributed by atoms with Crippen LogP contribution in [0.3, 0.4) is 0 Å². The lowest BCUT2D eigenvalue weighted by molar-refractivity contribution is -0.121. The van der Waals surface area contributed by atoms with E-state index in [2.05, 4.69) is 5.32 Å². The summed E-state index contributed by atoms with van der Waals surface area (Å²) in [5.74, 6) is 0.0995. The molecule has 2 aliphatic rings. The summed E-state index contributed by atoms with van der Waals surface area (Å²) in [6.45, 7) is 5.15. The Hall–Kier alpha value is -3.59. The SMILES string of the molecule is COc1ccc2c(c1OC)C(=O)N1c3ccccc3C(=O)N(CCC(=O)NCCCOC(C)C)[C@H]21. The lowest BCUT2D eigenvalue weighted by atomic mass is 10.0. The van der Waals surface area contributed by atoms with Crippen molar-refractivity contribution in [2.24, 2.45) is 0 Å². The van der Waals surface area contributed by atoms with Crippen LogP contribution in [0.2, 0.25) is 0 Å². The van der Waals surface area contributed by atoms with Gasteiger partial charge in [0.15, 0.2) is 11.5 Å². The molecule has 0 spiro atoms. The van der Waals surface area contributed by atoms with Crippen molar-refractivity contribution in [1.29, 1.82) is 0 Å². The summed E-state index contributed by atoms with van der Waals surface area (Å²) < 4.78 is 16.4. The van der Waals surface area contributed by atoms with Gasteiger partial charge in [-0.05, 0) is 38.5 Å². The van der Waals surface area contributed by atoms with E-state index in [1.54, 1.807) is 46.2 Å². The first-order valence-corrected chi connectivity index (χ1v) is 11.8. The first kappa shape index (κ1) is 24.5. The molecule has 0 unspecified atom stereocenters. The third kappa shape index (κ3) is 4.55. The summed E-state index contributed by atoms with van der Waals surface area (Å²) in [5.41, 5.74) is 1.96. The number of ether oxygens (including phenoxy) is 3. The number of rotatable bonds is 10. The van der Waals surface area contributed by atoms with Crippen molar-refractivity contribution in [2.75, 3.05) is 38.8 Å². The van der Waals surface area contributed by atoms with Crippen LogP contribution < -0.4 is 19.7 Å². The molecule has 9 nitrogen and oxygen atoms in total. The number of fused-ring (bicyclic) bond motifs is 5. The summed E-state index contributed by atoms with van der Waals surface area (Å²) in [4.78, 5) is 42.9. The van der Waals surface area contributed by atoms with Crippen molar-refractivity contribution in [3.8, 4) is 11.5 Å². The third-order valence-electron chi connectivity index (χ3n) is 6.16. The molecule has 1 atom stereocenters. The predicted octanol–water partition coefficient (Wildman–Crippen LogP) is 3.14. The Labute approximate surface area is 204 Å². The van der Waals surface area contributed by atoms with Gasteiger partial charge in [-0.25, -0.2) is 0 Å². The molecule has 0 fully saturated rings. The van der Waals surface area contributed by atoms with Crippen LogP contribution in [0.15, 0.2) is 36.4 Å². The van der Waals surface area contributed by atoms with Crippen LogP contribution in [0.5, 0.6) is 11.5 Å². The van der Waals surface area contributed by atoms with Gasteiger partial charge in [-0.2, -0.15) is 0 Å². The molecule has 0 aliphatic carbocycles. The second-order valence-corrected chi connectivity index (χ2v) is 8.70. The summed E-state index contributed by atoms with van der Waals surface area (Å²) >= 11 is 0. The van der Waals surface area contributed by atoms with E-state index in [-0.39, 0.29) is 36.8 Å². The Morgan fingerprint density at radius 2 is 1.83 bits per heavy atom. The zero-order valence-electron chi connectivity index (χ0n) is 20.5. The van der Waals surface area contributed by atoms with Gasteiger partial charge >= 0.3 is 0 Å². The molecule has 0 saturated heterocycles. The van der Waals surface area contributed by atoms with Crippen molar-refractivity contribution in [3.05, 3.63) is 53.1 Å².